The summed E-state index contributed by atoms with van der Waals surface area (Å²) in [6, 6.07) is 2.40. The van der Waals surface area contributed by atoms with Gasteiger partial charge in [-0.25, -0.2) is 4.39 Å². The van der Waals surface area contributed by atoms with Crippen molar-refractivity contribution in [1.82, 2.24) is 5.32 Å². The van der Waals surface area contributed by atoms with Crippen LogP contribution in [0.25, 0.3) is 0 Å². The van der Waals surface area contributed by atoms with Crippen LogP contribution in [0.5, 0.6) is 5.75 Å². The Morgan fingerprint density at radius 2 is 2.11 bits per heavy atom. The van der Waals surface area contributed by atoms with E-state index in [4.69, 9.17) is 4.74 Å². The van der Waals surface area contributed by atoms with E-state index in [0.29, 0.717) is 13.0 Å². The molecule has 5 heteroatoms. The average Bonchev–Trinajstić information content (AvgIpc) is 2.39. The van der Waals surface area contributed by atoms with Gasteiger partial charge in [-0.05, 0) is 37.6 Å². The van der Waals surface area contributed by atoms with Gasteiger partial charge in [-0.1, -0.05) is 6.42 Å². The maximum Gasteiger partial charge on any atom is 0.288 e. The number of hydrogen-bond donors (Lipinski definition) is 1. The second-order valence-corrected chi connectivity index (χ2v) is 4.47. The van der Waals surface area contributed by atoms with Crippen molar-refractivity contribution in [2.75, 3.05) is 13.7 Å². The summed E-state index contributed by atoms with van der Waals surface area (Å²) in [6.45, 7) is 0.582. The summed E-state index contributed by atoms with van der Waals surface area (Å²) in [7, 11) is 1.30. The van der Waals surface area contributed by atoms with Gasteiger partial charge in [0.15, 0.2) is 11.6 Å². The molecule has 0 radical (unpaired) electrons. The monoisotopic (exact) mass is 259 g/mol. The average molecular weight is 259 g/mol. The molecule has 1 fully saturated rings. The molecule has 1 aromatic rings. The summed E-state index contributed by atoms with van der Waals surface area (Å²) in [5.41, 5.74) is -0.305. The van der Waals surface area contributed by atoms with E-state index in [0.717, 1.165) is 18.9 Å². The van der Waals surface area contributed by atoms with E-state index in [-0.39, 0.29) is 11.3 Å². The Morgan fingerprint density at radius 3 is 2.67 bits per heavy atom. The summed E-state index contributed by atoms with van der Waals surface area (Å²) in [6.07, 6.45) is 2.08. The van der Waals surface area contributed by atoms with Crippen LogP contribution in [-0.2, 0) is 5.92 Å². The van der Waals surface area contributed by atoms with Gasteiger partial charge in [0.05, 0.1) is 13.2 Å². The van der Waals surface area contributed by atoms with Gasteiger partial charge >= 0.3 is 0 Å². The zero-order chi connectivity index (χ0) is 13.2. The minimum absolute atomic E-state index is 0.0221. The summed E-state index contributed by atoms with van der Waals surface area (Å²) in [4.78, 5) is 0. The minimum Gasteiger partial charge on any atom is -0.494 e. The molecule has 1 aliphatic heterocycles. The molecule has 1 heterocycles. The van der Waals surface area contributed by atoms with Crippen LogP contribution in [0.15, 0.2) is 18.2 Å². The first kappa shape index (κ1) is 13.2. The molecule has 0 bridgehead atoms. The standard InChI is InChI=1S/C13H16F3NO/c1-18-11-6-5-9(8-10(11)14)13(15,16)12-4-2-3-7-17-12/h5-6,8,12,17H,2-4,7H2,1H3. The molecule has 0 aromatic heterocycles. The van der Waals surface area contributed by atoms with Crippen molar-refractivity contribution in [2.24, 2.45) is 0 Å². The van der Waals surface area contributed by atoms with E-state index >= 15 is 0 Å². The highest BCUT2D eigenvalue weighted by Crippen LogP contribution is 2.36. The van der Waals surface area contributed by atoms with Crippen LogP contribution >= 0.6 is 0 Å². The predicted molar refractivity (Wildman–Crippen MR) is 62.5 cm³/mol. The molecule has 1 aromatic carbocycles. The topological polar surface area (TPSA) is 21.3 Å². The first-order valence-electron chi connectivity index (χ1n) is 6.01. The number of halogens is 3. The molecule has 2 nitrogen and oxygen atoms in total. The summed E-state index contributed by atoms with van der Waals surface area (Å²) in [5.74, 6) is -3.84. The largest absolute Gasteiger partial charge is 0.494 e. The summed E-state index contributed by atoms with van der Waals surface area (Å²) < 4.78 is 46.6. The van der Waals surface area contributed by atoms with Crippen molar-refractivity contribution in [2.45, 2.75) is 31.2 Å². The summed E-state index contributed by atoms with van der Waals surface area (Å²) in [5, 5.41) is 2.80. The third kappa shape index (κ3) is 2.46. The highest BCUT2D eigenvalue weighted by atomic mass is 19.3. The number of benzene rings is 1. The van der Waals surface area contributed by atoms with Crippen molar-refractivity contribution < 1.29 is 17.9 Å². The van der Waals surface area contributed by atoms with Crippen molar-refractivity contribution in [1.29, 1.82) is 0 Å². The molecule has 1 aliphatic rings. The second kappa shape index (κ2) is 5.18. The number of nitrogens with one attached hydrogen (secondary N) is 1. The van der Waals surface area contributed by atoms with Crippen LogP contribution in [0.3, 0.4) is 0 Å². The van der Waals surface area contributed by atoms with Crippen LogP contribution in [0.1, 0.15) is 24.8 Å². The molecule has 2 rings (SSSR count). The zero-order valence-corrected chi connectivity index (χ0v) is 10.2. The van der Waals surface area contributed by atoms with Crippen molar-refractivity contribution >= 4 is 0 Å². The lowest BCUT2D eigenvalue weighted by atomic mass is 9.94. The fourth-order valence-corrected chi connectivity index (χ4v) is 2.24. The van der Waals surface area contributed by atoms with Gasteiger partial charge in [0.25, 0.3) is 5.92 Å². The number of methoxy groups -OCH3 is 1. The molecule has 0 saturated carbocycles. The van der Waals surface area contributed by atoms with E-state index in [1.807, 2.05) is 0 Å². The first-order valence-corrected chi connectivity index (χ1v) is 6.01. The maximum atomic E-state index is 14.2. The molecule has 1 unspecified atom stereocenters. The van der Waals surface area contributed by atoms with Crippen molar-refractivity contribution in [3.8, 4) is 5.75 Å². The molecule has 18 heavy (non-hydrogen) atoms. The molecular weight excluding hydrogens is 243 g/mol. The number of hydrogen-bond acceptors (Lipinski definition) is 2. The van der Waals surface area contributed by atoms with Crippen LogP contribution in [0.4, 0.5) is 13.2 Å². The first-order chi connectivity index (χ1) is 8.55. The van der Waals surface area contributed by atoms with E-state index in [2.05, 4.69) is 5.32 Å². The van der Waals surface area contributed by atoms with Gasteiger partial charge in [0.2, 0.25) is 0 Å². The fourth-order valence-electron chi connectivity index (χ4n) is 2.24. The number of alkyl halides is 2. The second-order valence-electron chi connectivity index (χ2n) is 4.47. The smallest absolute Gasteiger partial charge is 0.288 e. The highest BCUT2D eigenvalue weighted by molar-refractivity contribution is 5.32. The molecule has 1 saturated heterocycles. The summed E-state index contributed by atoms with van der Waals surface area (Å²) >= 11 is 0. The van der Waals surface area contributed by atoms with Gasteiger partial charge in [0, 0.05) is 5.56 Å². The van der Waals surface area contributed by atoms with Gasteiger partial charge in [-0.2, -0.15) is 8.78 Å². The van der Waals surface area contributed by atoms with Crippen LogP contribution in [-0.4, -0.2) is 19.7 Å². The minimum atomic E-state index is -3.06. The Bertz CT molecular complexity index is 417. The maximum absolute atomic E-state index is 14.2. The van der Waals surface area contributed by atoms with Gasteiger partial charge < -0.3 is 10.1 Å². The quantitative estimate of drug-likeness (QED) is 0.900. The van der Waals surface area contributed by atoms with Gasteiger partial charge in [0.1, 0.15) is 0 Å². The van der Waals surface area contributed by atoms with Crippen LogP contribution in [0, 0.1) is 5.82 Å². The molecule has 0 aliphatic carbocycles. The molecular formula is C13H16F3NO. The lowest BCUT2D eigenvalue weighted by molar-refractivity contribution is -0.0514. The Balaban J connectivity index is 2.25. The molecule has 0 amide bonds. The third-order valence-electron chi connectivity index (χ3n) is 3.28. The zero-order valence-electron chi connectivity index (χ0n) is 10.2. The normalized spacial score (nSPS) is 20.8. The van der Waals surface area contributed by atoms with E-state index in [1.165, 1.54) is 19.2 Å². The fraction of sp³-hybridized carbons (Fsp3) is 0.538. The van der Waals surface area contributed by atoms with E-state index in [1.54, 1.807) is 0 Å². The number of ether oxygens (including phenoxy) is 1. The van der Waals surface area contributed by atoms with E-state index < -0.39 is 17.8 Å². The number of rotatable bonds is 3. The molecule has 1 atom stereocenters. The Labute approximate surface area is 104 Å². The Hall–Kier alpha value is -1.23. The third-order valence-corrected chi connectivity index (χ3v) is 3.28. The Morgan fingerprint density at radius 1 is 1.33 bits per heavy atom. The van der Waals surface area contributed by atoms with Gasteiger partial charge in [-0.3, -0.25) is 0 Å². The van der Waals surface area contributed by atoms with Crippen molar-refractivity contribution in [3.63, 3.8) is 0 Å². The van der Waals surface area contributed by atoms with Gasteiger partial charge in [-0.15, -0.1) is 0 Å². The van der Waals surface area contributed by atoms with Crippen molar-refractivity contribution in [3.05, 3.63) is 29.6 Å². The molecule has 1 N–H and O–H groups in total. The lowest BCUT2D eigenvalue weighted by Gasteiger charge is -2.31. The van der Waals surface area contributed by atoms with E-state index in [9.17, 15) is 13.2 Å². The highest BCUT2D eigenvalue weighted by Gasteiger charge is 2.42. The number of piperidine rings is 1. The molecule has 0 spiro atoms. The lowest BCUT2D eigenvalue weighted by Crippen LogP contribution is -2.45. The van der Waals surface area contributed by atoms with Crippen LogP contribution < -0.4 is 10.1 Å². The van der Waals surface area contributed by atoms with Crippen LogP contribution in [0.2, 0.25) is 0 Å². The molecule has 100 valence electrons. The SMILES string of the molecule is COc1ccc(C(F)(F)C2CCCCN2)cc1F. The predicted octanol–water partition coefficient (Wildman–Crippen LogP) is 3.07. The Kier molecular flexibility index (Phi) is 3.80.